The van der Waals surface area contributed by atoms with Gasteiger partial charge in [-0.3, -0.25) is 0 Å². The van der Waals surface area contributed by atoms with Gasteiger partial charge in [0, 0.05) is 0 Å². The van der Waals surface area contributed by atoms with E-state index in [0.717, 1.165) is 0 Å². The Hall–Kier alpha value is -0.610. The molecule has 0 aromatic carbocycles. The van der Waals surface area contributed by atoms with Crippen LogP contribution < -0.4 is 0 Å². The van der Waals surface area contributed by atoms with Crippen molar-refractivity contribution in [1.29, 1.82) is 0 Å². The Balaban J connectivity index is 2.58. The van der Waals surface area contributed by atoms with Crippen molar-refractivity contribution >= 4 is 11.6 Å². The Morgan fingerprint density at radius 3 is 2.73 bits per heavy atom. The monoisotopic (exact) mass is 175 g/mol. The Morgan fingerprint density at radius 1 is 1.55 bits per heavy atom. The molecule has 0 unspecified atom stereocenters. The molecule has 0 saturated carbocycles. The quantitative estimate of drug-likeness (QED) is 0.640. The van der Waals surface area contributed by atoms with Crippen LogP contribution in [0.2, 0.25) is 0 Å². The Bertz CT molecular complexity index is 223. The fraction of sp³-hybridized carbons (Fsp3) is 0.667. The number of halogens is 1. The first-order valence-corrected chi connectivity index (χ1v) is 3.78. The van der Waals surface area contributed by atoms with Crippen LogP contribution in [0.4, 0.5) is 0 Å². The van der Waals surface area contributed by atoms with Crippen molar-refractivity contribution in [2.24, 2.45) is 0 Å². The van der Waals surface area contributed by atoms with Gasteiger partial charge in [0.25, 0.3) is 0 Å². The normalized spacial score (nSPS) is 10.9. The number of aromatic nitrogens is 2. The summed E-state index contributed by atoms with van der Waals surface area (Å²) in [6.45, 7) is 0.681. The van der Waals surface area contributed by atoms with Crippen LogP contribution in [-0.4, -0.2) is 29.1 Å². The van der Waals surface area contributed by atoms with Gasteiger partial charge >= 0.3 is 0 Å². The predicted octanol–water partition coefficient (Wildman–Crippen LogP) is 0.870. The zero-order valence-corrected chi connectivity index (χ0v) is 7.30. The van der Waals surface area contributed by atoms with Gasteiger partial charge in [-0.2, -0.15) is 4.98 Å². The summed E-state index contributed by atoms with van der Waals surface area (Å²) in [7, 11) is 3.88. The van der Waals surface area contributed by atoms with Crippen LogP contribution in [0.15, 0.2) is 4.52 Å². The summed E-state index contributed by atoms with van der Waals surface area (Å²) < 4.78 is 4.79. The maximum Gasteiger partial charge on any atom is 0.241 e. The Labute approximate surface area is 70.1 Å². The third kappa shape index (κ3) is 2.48. The molecule has 0 fully saturated rings. The molecule has 0 spiro atoms. The number of alkyl halides is 1. The first-order chi connectivity index (χ1) is 5.22. The van der Waals surface area contributed by atoms with E-state index in [1.165, 1.54) is 0 Å². The highest BCUT2D eigenvalue weighted by Gasteiger charge is 2.04. The molecule has 0 amide bonds. The standard InChI is InChI=1S/C6H10ClN3O/c1-10(2)4-5-8-6(3-7)11-9-5/h3-4H2,1-2H3. The van der Waals surface area contributed by atoms with Crippen LogP contribution in [0, 0.1) is 0 Å². The second-order valence-corrected chi connectivity index (χ2v) is 2.74. The van der Waals surface area contributed by atoms with Crippen molar-refractivity contribution in [2.75, 3.05) is 14.1 Å². The Morgan fingerprint density at radius 2 is 2.27 bits per heavy atom. The van der Waals surface area contributed by atoms with Gasteiger partial charge in [-0.1, -0.05) is 5.16 Å². The molecular formula is C6H10ClN3O. The van der Waals surface area contributed by atoms with E-state index in [1.807, 2.05) is 19.0 Å². The Kier molecular flexibility index (Phi) is 2.84. The molecule has 0 saturated heterocycles. The van der Waals surface area contributed by atoms with Crippen LogP contribution in [0.25, 0.3) is 0 Å². The predicted molar refractivity (Wildman–Crippen MR) is 41.2 cm³/mol. The van der Waals surface area contributed by atoms with Gasteiger partial charge in [-0.15, -0.1) is 11.6 Å². The van der Waals surface area contributed by atoms with Crippen LogP contribution in [0.3, 0.4) is 0 Å². The molecule has 0 aliphatic carbocycles. The minimum atomic E-state index is 0.278. The lowest BCUT2D eigenvalue weighted by molar-refractivity contribution is 0.354. The van der Waals surface area contributed by atoms with Crippen LogP contribution in [0.5, 0.6) is 0 Å². The molecule has 1 aromatic rings. The third-order valence-electron chi connectivity index (χ3n) is 1.08. The summed E-state index contributed by atoms with van der Waals surface area (Å²) in [6, 6.07) is 0. The van der Waals surface area contributed by atoms with Gasteiger partial charge in [0.15, 0.2) is 5.82 Å². The molecule has 62 valence electrons. The summed E-state index contributed by atoms with van der Waals surface area (Å²) in [4.78, 5) is 5.98. The summed E-state index contributed by atoms with van der Waals surface area (Å²) in [5.41, 5.74) is 0. The molecule has 0 atom stereocenters. The first-order valence-electron chi connectivity index (χ1n) is 3.24. The molecule has 0 aliphatic rings. The topological polar surface area (TPSA) is 42.2 Å². The lowest BCUT2D eigenvalue weighted by atomic mass is 10.5. The van der Waals surface area contributed by atoms with Crippen molar-refractivity contribution in [3.05, 3.63) is 11.7 Å². The van der Waals surface area contributed by atoms with Crippen LogP contribution in [-0.2, 0) is 12.4 Å². The smallest absolute Gasteiger partial charge is 0.241 e. The minimum Gasteiger partial charge on any atom is -0.338 e. The molecule has 5 heteroatoms. The first kappa shape index (κ1) is 8.49. The molecule has 0 bridgehead atoms. The summed E-state index contributed by atoms with van der Waals surface area (Å²) in [5, 5.41) is 3.71. The molecule has 0 N–H and O–H groups in total. The SMILES string of the molecule is CN(C)Cc1noc(CCl)n1. The summed E-state index contributed by atoms with van der Waals surface area (Å²) in [5.74, 6) is 1.43. The van der Waals surface area contributed by atoms with Crippen molar-refractivity contribution in [1.82, 2.24) is 15.0 Å². The van der Waals surface area contributed by atoms with E-state index in [4.69, 9.17) is 16.1 Å². The van der Waals surface area contributed by atoms with E-state index in [-0.39, 0.29) is 5.88 Å². The second-order valence-electron chi connectivity index (χ2n) is 2.48. The molecule has 1 aromatic heterocycles. The van der Waals surface area contributed by atoms with Gasteiger partial charge in [0.1, 0.15) is 5.88 Å². The van der Waals surface area contributed by atoms with E-state index in [0.29, 0.717) is 18.3 Å². The van der Waals surface area contributed by atoms with E-state index < -0.39 is 0 Å². The number of hydrogen-bond donors (Lipinski definition) is 0. The van der Waals surface area contributed by atoms with Crippen molar-refractivity contribution < 1.29 is 4.52 Å². The second kappa shape index (κ2) is 3.69. The zero-order valence-electron chi connectivity index (χ0n) is 6.54. The van der Waals surface area contributed by atoms with Crippen molar-refractivity contribution in [3.8, 4) is 0 Å². The highest BCUT2D eigenvalue weighted by Crippen LogP contribution is 2.01. The van der Waals surface area contributed by atoms with Crippen molar-refractivity contribution in [2.45, 2.75) is 12.4 Å². The van der Waals surface area contributed by atoms with Crippen LogP contribution in [0.1, 0.15) is 11.7 Å². The lowest BCUT2D eigenvalue weighted by Crippen LogP contribution is -2.11. The largest absolute Gasteiger partial charge is 0.338 e. The van der Waals surface area contributed by atoms with E-state index in [9.17, 15) is 0 Å². The molecular weight excluding hydrogens is 166 g/mol. The molecule has 0 aliphatic heterocycles. The van der Waals surface area contributed by atoms with Gasteiger partial charge < -0.3 is 9.42 Å². The van der Waals surface area contributed by atoms with Gasteiger partial charge in [-0.05, 0) is 14.1 Å². The molecule has 1 heterocycles. The zero-order chi connectivity index (χ0) is 8.27. The third-order valence-corrected chi connectivity index (χ3v) is 1.31. The molecule has 0 radical (unpaired) electrons. The van der Waals surface area contributed by atoms with E-state index in [1.54, 1.807) is 0 Å². The average molecular weight is 176 g/mol. The molecule has 4 nitrogen and oxygen atoms in total. The summed E-state index contributed by atoms with van der Waals surface area (Å²) in [6.07, 6.45) is 0. The van der Waals surface area contributed by atoms with Crippen LogP contribution >= 0.6 is 11.6 Å². The fourth-order valence-corrected chi connectivity index (χ4v) is 0.800. The molecule has 11 heavy (non-hydrogen) atoms. The maximum absolute atomic E-state index is 5.47. The maximum atomic E-state index is 5.47. The van der Waals surface area contributed by atoms with E-state index in [2.05, 4.69) is 10.1 Å². The van der Waals surface area contributed by atoms with Gasteiger partial charge in [-0.25, -0.2) is 0 Å². The fourth-order valence-electron chi connectivity index (χ4n) is 0.691. The average Bonchev–Trinajstić information content (AvgIpc) is 2.34. The number of rotatable bonds is 3. The minimum absolute atomic E-state index is 0.278. The van der Waals surface area contributed by atoms with Gasteiger partial charge in [0.2, 0.25) is 5.89 Å². The highest BCUT2D eigenvalue weighted by atomic mass is 35.5. The summed E-state index contributed by atoms with van der Waals surface area (Å²) >= 11 is 5.47. The van der Waals surface area contributed by atoms with Gasteiger partial charge in [0.05, 0.1) is 6.54 Å². The van der Waals surface area contributed by atoms with Crippen molar-refractivity contribution in [3.63, 3.8) is 0 Å². The molecule has 1 rings (SSSR count). The number of hydrogen-bond acceptors (Lipinski definition) is 4. The lowest BCUT2D eigenvalue weighted by Gasteiger charge is -2.02. The highest BCUT2D eigenvalue weighted by molar-refractivity contribution is 6.16. The number of nitrogens with zero attached hydrogens (tertiary/aromatic N) is 3. The van der Waals surface area contributed by atoms with E-state index >= 15 is 0 Å².